The molecule has 1 saturated heterocycles. The first-order valence-electron chi connectivity index (χ1n) is 6.58. The van der Waals surface area contributed by atoms with E-state index < -0.39 is 5.91 Å². The lowest BCUT2D eigenvalue weighted by Crippen LogP contribution is -2.32. The van der Waals surface area contributed by atoms with Gasteiger partial charge in [0, 0.05) is 25.5 Å². The fourth-order valence-corrected chi connectivity index (χ4v) is 2.07. The van der Waals surface area contributed by atoms with Gasteiger partial charge in [-0.15, -0.1) is 0 Å². The number of rotatable bonds is 5. The molecule has 2 heterocycles. The highest BCUT2D eigenvalue weighted by Gasteiger charge is 2.17. The number of carbonyl (C=O) groups is 1. The van der Waals surface area contributed by atoms with Gasteiger partial charge in [0.2, 0.25) is 0 Å². The predicted molar refractivity (Wildman–Crippen MR) is 78.5 cm³/mol. The summed E-state index contributed by atoms with van der Waals surface area (Å²) in [6.45, 7) is 1.13. The fourth-order valence-electron chi connectivity index (χ4n) is 1.90. The molecular formula is C14H15ClN4O2. The van der Waals surface area contributed by atoms with E-state index in [9.17, 15) is 4.79 Å². The van der Waals surface area contributed by atoms with Gasteiger partial charge in [0.15, 0.2) is 5.15 Å². The van der Waals surface area contributed by atoms with Gasteiger partial charge in [-0.2, -0.15) is 5.26 Å². The van der Waals surface area contributed by atoms with Crippen LogP contribution in [0.3, 0.4) is 0 Å². The van der Waals surface area contributed by atoms with Crippen molar-refractivity contribution in [2.75, 3.05) is 18.5 Å². The Morgan fingerprint density at radius 3 is 3.19 bits per heavy atom. The van der Waals surface area contributed by atoms with Crippen LogP contribution in [0, 0.1) is 11.3 Å². The minimum atomic E-state index is -0.444. The van der Waals surface area contributed by atoms with Gasteiger partial charge in [-0.25, -0.2) is 4.98 Å². The van der Waals surface area contributed by atoms with E-state index in [0.717, 1.165) is 19.4 Å². The molecule has 1 fully saturated rings. The van der Waals surface area contributed by atoms with E-state index in [1.165, 1.54) is 6.20 Å². The molecule has 110 valence electrons. The van der Waals surface area contributed by atoms with Crippen LogP contribution in [0.2, 0.25) is 5.15 Å². The lowest BCUT2D eigenvalue weighted by Gasteiger charge is -2.10. The van der Waals surface area contributed by atoms with Crippen molar-refractivity contribution in [2.45, 2.75) is 18.9 Å². The summed E-state index contributed by atoms with van der Waals surface area (Å²) in [4.78, 5) is 15.8. The van der Waals surface area contributed by atoms with Crippen molar-refractivity contribution < 1.29 is 9.53 Å². The molecule has 0 aliphatic carbocycles. The van der Waals surface area contributed by atoms with Crippen molar-refractivity contribution in [3.8, 4) is 6.07 Å². The van der Waals surface area contributed by atoms with Crippen molar-refractivity contribution in [1.29, 1.82) is 5.26 Å². The van der Waals surface area contributed by atoms with Gasteiger partial charge in [0.1, 0.15) is 11.6 Å². The summed E-state index contributed by atoms with van der Waals surface area (Å²) < 4.78 is 5.40. The molecule has 0 spiro atoms. The Morgan fingerprint density at radius 2 is 2.52 bits per heavy atom. The molecule has 2 rings (SSSR count). The second-order valence-corrected chi connectivity index (χ2v) is 4.86. The number of aromatic nitrogens is 1. The number of anilines is 1. The summed E-state index contributed by atoms with van der Waals surface area (Å²) >= 11 is 5.87. The maximum atomic E-state index is 11.9. The molecule has 1 aliphatic rings. The monoisotopic (exact) mass is 306 g/mol. The number of hydrogen-bond donors (Lipinski definition) is 2. The van der Waals surface area contributed by atoms with Crippen LogP contribution >= 0.6 is 11.6 Å². The molecule has 21 heavy (non-hydrogen) atoms. The number of carbonyl (C=O) groups excluding carboxylic acids is 1. The van der Waals surface area contributed by atoms with E-state index in [1.54, 1.807) is 18.3 Å². The van der Waals surface area contributed by atoms with Crippen LogP contribution < -0.4 is 10.6 Å². The van der Waals surface area contributed by atoms with E-state index in [0.29, 0.717) is 12.2 Å². The van der Waals surface area contributed by atoms with Crippen molar-refractivity contribution in [3.05, 3.63) is 35.3 Å². The first kappa shape index (κ1) is 15.3. The number of nitrogens with one attached hydrogen (secondary N) is 2. The highest BCUT2D eigenvalue weighted by atomic mass is 35.5. The van der Waals surface area contributed by atoms with Crippen LogP contribution in [0.15, 0.2) is 30.1 Å². The normalized spacial score (nSPS) is 18.1. The van der Waals surface area contributed by atoms with Gasteiger partial charge in [0.25, 0.3) is 5.91 Å². The van der Waals surface area contributed by atoms with Crippen LogP contribution in [-0.2, 0) is 9.53 Å². The molecule has 6 nitrogen and oxygen atoms in total. The summed E-state index contributed by atoms with van der Waals surface area (Å²) in [5.74, 6) is -0.444. The Morgan fingerprint density at radius 1 is 1.67 bits per heavy atom. The average Bonchev–Trinajstić information content (AvgIpc) is 3.01. The van der Waals surface area contributed by atoms with Crippen molar-refractivity contribution in [1.82, 2.24) is 10.3 Å². The third kappa shape index (κ3) is 4.45. The van der Waals surface area contributed by atoms with Gasteiger partial charge in [-0.3, -0.25) is 4.79 Å². The van der Waals surface area contributed by atoms with Crippen LogP contribution in [0.1, 0.15) is 12.8 Å². The zero-order valence-corrected chi connectivity index (χ0v) is 12.1. The van der Waals surface area contributed by atoms with Crippen LogP contribution in [0.4, 0.5) is 5.69 Å². The molecule has 2 N–H and O–H groups in total. The number of halogens is 1. The van der Waals surface area contributed by atoms with Crippen molar-refractivity contribution >= 4 is 23.2 Å². The van der Waals surface area contributed by atoms with Gasteiger partial charge >= 0.3 is 0 Å². The summed E-state index contributed by atoms with van der Waals surface area (Å²) in [6, 6.07) is 5.25. The Balaban J connectivity index is 1.92. The largest absolute Gasteiger partial charge is 0.376 e. The van der Waals surface area contributed by atoms with Gasteiger partial charge in [-0.1, -0.05) is 11.6 Å². The molecule has 7 heteroatoms. The third-order valence-corrected chi connectivity index (χ3v) is 3.31. The zero-order chi connectivity index (χ0) is 15.1. The van der Waals surface area contributed by atoms with Crippen LogP contribution in [0.25, 0.3) is 0 Å². The summed E-state index contributed by atoms with van der Waals surface area (Å²) in [5, 5.41) is 14.8. The van der Waals surface area contributed by atoms with Gasteiger partial charge in [-0.05, 0) is 25.0 Å². The molecule has 0 aromatic carbocycles. The maximum Gasteiger partial charge on any atom is 0.263 e. The topological polar surface area (TPSA) is 87.0 Å². The summed E-state index contributed by atoms with van der Waals surface area (Å²) in [7, 11) is 0. The Kier molecular flexibility index (Phi) is 5.55. The standard InChI is InChI=1S/C14H15ClN4O2/c15-13-12(4-1-5-17-13)18-8-10(7-16)14(20)19-9-11-3-2-6-21-11/h1,4-5,8,11,18H,2-3,6,9H2,(H,19,20)/b10-8-. The second kappa shape index (κ2) is 7.62. The molecule has 1 atom stereocenters. The fraction of sp³-hybridized carbons (Fsp3) is 0.357. The number of ether oxygens (including phenoxy) is 1. The summed E-state index contributed by atoms with van der Waals surface area (Å²) in [6.07, 6.45) is 4.83. The number of nitriles is 1. The molecule has 0 radical (unpaired) electrons. The number of pyridine rings is 1. The van der Waals surface area contributed by atoms with E-state index in [1.807, 2.05) is 6.07 Å². The number of nitrogens with zero attached hydrogens (tertiary/aromatic N) is 2. The van der Waals surface area contributed by atoms with E-state index in [2.05, 4.69) is 15.6 Å². The third-order valence-electron chi connectivity index (χ3n) is 3.01. The SMILES string of the molecule is N#C/C(=C/Nc1cccnc1Cl)C(=O)NCC1CCCO1. The predicted octanol–water partition coefficient (Wildman–Crippen LogP) is 1.85. The maximum absolute atomic E-state index is 11.9. The molecule has 1 amide bonds. The molecule has 0 bridgehead atoms. The van der Waals surface area contributed by atoms with E-state index in [-0.39, 0.29) is 16.8 Å². The molecule has 1 unspecified atom stereocenters. The lowest BCUT2D eigenvalue weighted by atomic mass is 10.2. The zero-order valence-electron chi connectivity index (χ0n) is 11.3. The molecule has 0 saturated carbocycles. The van der Waals surface area contributed by atoms with Gasteiger partial charge < -0.3 is 15.4 Å². The average molecular weight is 307 g/mol. The molecule has 1 aliphatic heterocycles. The molecule has 1 aromatic rings. The molecular weight excluding hydrogens is 292 g/mol. The van der Waals surface area contributed by atoms with Crippen LogP contribution in [0.5, 0.6) is 0 Å². The minimum absolute atomic E-state index is 0.0343. The Bertz CT molecular complexity index is 577. The van der Waals surface area contributed by atoms with Gasteiger partial charge in [0.05, 0.1) is 11.8 Å². The number of amides is 1. The van der Waals surface area contributed by atoms with Crippen LogP contribution in [-0.4, -0.2) is 30.1 Å². The smallest absolute Gasteiger partial charge is 0.263 e. The quantitative estimate of drug-likeness (QED) is 0.492. The lowest BCUT2D eigenvalue weighted by molar-refractivity contribution is -0.117. The van der Waals surface area contributed by atoms with E-state index >= 15 is 0 Å². The van der Waals surface area contributed by atoms with E-state index in [4.69, 9.17) is 21.6 Å². The summed E-state index contributed by atoms with van der Waals surface area (Å²) in [5.41, 5.74) is 0.492. The first-order chi connectivity index (χ1) is 10.2. The Hall–Kier alpha value is -2.10. The van der Waals surface area contributed by atoms with Crippen molar-refractivity contribution in [2.24, 2.45) is 0 Å². The molecule has 1 aromatic heterocycles. The van der Waals surface area contributed by atoms with Crippen molar-refractivity contribution in [3.63, 3.8) is 0 Å². The second-order valence-electron chi connectivity index (χ2n) is 4.50. The highest BCUT2D eigenvalue weighted by molar-refractivity contribution is 6.32. The number of hydrogen-bond acceptors (Lipinski definition) is 5. The minimum Gasteiger partial charge on any atom is -0.376 e. The first-order valence-corrected chi connectivity index (χ1v) is 6.95. The Labute approximate surface area is 127 Å². The highest BCUT2D eigenvalue weighted by Crippen LogP contribution is 2.17.